The van der Waals surface area contributed by atoms with Crippen molar-refractivity contribution in [2.24, 2.45) is 5.73 Å². The SMILES string of the molecule is CCc1ccccc1C(=O)N(C(=O)[C@@H](N)CC(=O)O)S(=O)(=O)c1ccc2ccccc2c1. The normalized spacial score (nSPS) is 12.3. The number of rotatable bonds is 7. The number of carboxylic acid groups (broad SMARTS) is 1. The van der Waals surface area contributed by atoms with Crippen molar-refractivity contribution in [1.29, 1.82) is 0 Å². The largest absolute Gasteiger partial charge is 0.481 e. The number of benzene rings is 3. The highest BCUT2D eigenvalue weighted by atomic mass is 32.2. The third kappa shape index (κ3) is 4.53. The summed E-state index contributed by atoms with van der Waals surface area (Å²) in [4.78, 5) is 37.2. The van der Waals surface area contributed by atoms with Gasteiger partial charge in [-0.25, -0.2) is 8.42 Å². The highest BCUT2D eigenvalue weighted by Gasteiger charge is 2.39. The van der Waals surface area contributed by atoms with Gasteiger partial charge in [-0.3, -0.25) is 14.4 Å². The van der Waals surface area contributed by atoms with Crippen LogP contribution in [0.3, 0.4) is 0 Å². The van der Waals surface area contributed by atoms with Crippen LogP contribution in [0, 0.1) is 0 Å². The Hall–Kier alpha value is -3.56. The molecule has 0 aromatic heterocycles. The summed E-state index contributed by atoms with van der Waals surface area (Å²) in [5.74, 6) is -3.78. The second kappa shape index (κ2) is 9.29. The summed E-state index contributed by atoms with van der Waals surface area (Å²) in [6.07, 6.45) is -0.410. The zero-order valence-corrected chi connectivity index (χ0v) is 18.1. The maximum atomic E-state index is 13.5. The van der Waals surface area contributed by atoms with Crippen molar-refractivity contribution in [1.82, 2.24) is 4.31 Å². The van der Waals surface area contributed by atoms with Crippen molar-refractivity contribution < 1.29 is 27.9 Å². The number of hydrogen-bond acceptors (Lipinski definition) is 6. The minimum absolute atomic E-state index is 0.0234. The second-order valence-electron chi connectivity index (χ2n) is 7.14. The molecule has 3 aromatic carbocycles. The number of carbonyl (C=O) groups is 3. The van der Waals surface area contributed by atoms with Gasteiger partial charge in [0.15, 0.2) is 0 Å². The van der Waals surface area contributed by atoms with Crippen molar-refractivity contribution >= 4 is 38.6 Å². The molecule has 3 rings (SSSR count). The fourth-order valence-corrected chi connectivity index (χ4v) is 4.75. The Morgan fingerprint density at radius 1 is 0.969 bits per heavy atom. The van der Waals surface area contributed by atoms with Crippen LogP contribution < -0.4 is 5.73 Å². The molecule has 0 saturated heterocycles. The molecular weight excluding hydrogens is 432 g/mol. The Bertz CT molecular complexity index is 1300. The molecule has 0 radical (unpaired) electrons. The predicted molar refractivity (Wildman–Crippen MR) is 118 cm³/mol. The molecule has 3 aromatic rings. The van der Waals surface area contributed by atoms with E-state index in [4.69, 9.17) is 10.8 Å². The van der Waals surface area contributed by atoms with Gasteiger partial charge in [0.1, 0.15) is 0 Å². The van der Waals surface area contributed by atoms with E-state index in [1.807, 2.05) is 0 Å². The highest BCUT2D eigenvalue weighted by Crippen LogP contribution is 2.25. The van der Waals surface area contributed by atoms with Gasteiger partial charge in [0.25, 0.3) is 21.8 Å². The highest BCUT2D eigenvalue weighted by molar-refractivity contribution is 7.90. The van der Waals surface area contributed by atoms with Gasteiger partial charge in [-0.2, -0.15) is 4.31 Å². The van der Waals surface area contributed by atoms with Crippen LogP contribution in [-0.2, 0) is 26.0 Å². The summed E-state index contributed by atoms with van der Waals surface area (Å²) in [7, 11) is -4.68. The van der Waals surface area contributed by atoms with Crippen molar-refractivity contribution in [3.63, 3.8) is 0 Å². The molecule has 0 aliphatic carbocycles. The number of fused-ring (bicyclic) bond motifs is 1. The predicted octanol–water partition coefficient (Wildman–Crippen LogP) is 2.56. The van der Waals surface area contributed by atoms with E-state index in [0.717, 1.165) is 5.39 Å². The lowest BCUT2D eigenvalue weighted by Crippen LogP contribution is -2.50. The van der Waals surface area contributed by atoms with Crippen LogP contribution in [0.15, 0.2) is 71.6 Å². The van der Waals surface area contributed by atoms with Crippen molar-refractivity contribution in [2.75, 3.05) is 0 Å². The van der Waals surface area contributed by atoms with Crippen LogP contribution >= 0.6 is 0 Å². The average Bonchev–Trinajstić information content (AvgIpc) is 2.78. The number of carbonyl (C=O) groups excluding carboxylic acids is 2. The van der Waals surface area contributed by atoms with Crippen molar-refractivity contribution in [3.8, 4) is 0 Å². The van der Waals surface area contributed by atoms with Gasteiger partial charge < -0.3 is 10.8 Å². The first kappa shape index (κ1) is 23.1. The molecule has 8 nitrogen and oxygen atoms in total. The Morgan fingerprint density at radius 3 is 2.25 bits per heavy atom. The molecule has 0 aliphatic heterocycles. The summed E-state index contributed by atoms with van der Waals surface area (Å²) >= 11 is 0. The van der Waals surface area contributed by atoms with Crippen LogP contribution in [-0.4, -0.2) is 41.7 Å². The number of nitrogens with zero attached hydrogens (tertiary/aromatic N) is 1. The maximum absolute atomic E-state index is 13.5. The molecule has 0 unspecified atom stereocenters. The molecule has 32 heavy (non-hydrogen) atoms. The van der Waals surface area contributed by atoms with Crippen molar-refractivity contribution in [2.45, 2.75) is 30.7 Å². The van der Waals surface area contributed by atoms with Crippen LogP contribution in [0.4, 0.5) is 0 Å². The fourth-order valence-electron chi connectivity index (χ4n) is 3.33. The zero-order chi connectivity index (χ0) is 23.5. The summed E-state index contributed by atoms with van der Waals surface area (Å²) in [6.45, 7) is 1.78. The molecule has 3 N–H and O–H groups in total. The van der Waals surface area contributed by atoms with E-state index in [-0.39, 0.29) is 14.8 Å². The van der Waals surface area contributed by atoms with Gasteiger partial charge in [-0.05, 0) is 41.0 Å². The van der Waals surface area contributed by atoms with E-state index < -0.39 is 40.3 Å². The van der Waals surface area contributed by atoms with Gasteiger partial charge in [0.2, 0.25) is 0 Å². The Kier molecular flexibility index (Phi) is 6.71. The average molecular weight is 455 g/mol. The molecule has 0 fully saturated rings. The van der Waals surface area contributed by atoms with Gasteiger partial charge in [0.05, 0.1) is 17.4 Å². The molecule has 166 valence electrons. The molecule has 0 saturated carbocycles. The number of amides is 2. The van der Waals surface area contributed by atoms with Crippen molar-refractivity contribution in [3.05, 3.63) is 77.9 Å². The topological polar surface area (TPSA) is 135 Å². The Balaban J connectivity index is 2.16. The number of hydrogen-bond donors (Lipinski definition) is 2. The number of sulfonamides is 1. The fraction of sp³-hybridized carbons (Fsp3) is 0.174. The smallest absolute Gasteiger partial charge is 0.305 e. The van der Waals surface area contributed by atoms with E-state index >= 15 is 0 Å². The summed E-state index contributed by atoms with van der Waals surface area (Å²) < 4.78 is 27.1. The number of aryl methyl sites for hydroxylation is 1. The van der Waals surface area contributed by atoms with Gasteiger partial charge in [-0.15, -0.1) is 0 Å². The van der Waals surface area contributed by atoms with Gasteiger partial charge in [-0.1, -0.05) is 55.5 Å². The minimum Gasteiger partial charge on any atom is -0.481 e. The molecule has 0 heterocycles. The molecule has 0 bridgehead atoms. The molecule has 2 amide bonds. The lowest BCUT2D eigenvalue weighted by molar-refractivity contribution is -0.140. The first-order chi connectivity index (χ1) is 15.2. The number of carboxylic acids is 1. The van der Waals surface area contributed by atoms with Crippen LogP contribution in [0.5, 0.6) is 0 Å². The standard InChI is InChI=1S/C23H22N2O6S/c1-2-15-7-5-6-10-19(15)22(28)25(23(29)20(24)14-21(26)27)32(30,31)18-12-11-16-8-3-4-9-17(16)13-18/h3-13,20H,2,14,24H2,1H3,(H,26,27)/t20-/m0/s1. The molecule has 0 spiro atoms. The zero-order valence-electron chi connectivity index (χ0n) is 17.3. The van der Waals surface area contributed by atoms with E-state index in [9.17, 15) is 22.8 Å². The molecule has 0 aliphatic rings. The second-order valence-corrected chi connectivity index (χ2v) is 8.92. The quantitative estimate of drug-likeness (QED) is 0.560. The molecule has 9 heteroatoms. The lowest BCUT2D eigenvalue weighted by Gasteiger charge is -2.24. The summed E-state index contributed by atoms with van der Waals surface area (Å²) in [6, 6.07) is 15.8. The van der Waals surface area contributed by atoms with Gasteiger partial charge >= 0.3 is 5.97 Å². The van der Waals surface area contributed by atoms with E-state index in [2.05, 4.69) is 0 Å². The lowest BCUT2D eigenvalue weighted by atomic mass is 10.0. The maximum Gasteiger partial charge on any atom is 0.305 e. The third-order valence-electron chi connectivity index (χ3n) is 4.98. The summed E-state index contributed by atoms with van der Waals surface area (Å²) in [5, 5.41) is 10.4. The van der Waals surface area contributed by atoms with E-state index in [0.29, 0.717) is 17.4 Å². The van der Waals surface area contributed by atoms with Crippen LogP contribution in [0.2, 0.25) is 0 Å². The number of aliphatic carboxylic acids is 1. The first-order valence-electron chi connectivity index (χ1n) is 9.84. The van der Waals surface area contributed by atoms with E-state index in [1.165, 1.54) is 18.2 Å². The Labute approximate surface area is 185 Å². The summed E-state index contributed by atoms with van der Waals surface area (Å²) in [5.41, 5.74) is 6.24. The Morgan fingerprint density at radius 2 is 1.59 bits per heavy atom. The first-order valence-corrected chi connectivity index (χ1v) is 11.3. The molecule has 1 atom stereocenters. The van der Waals surface area contributed by atoms with Gasteiger partial charge in [0, 0.05) is 5.56 Å². The third-order valence-corrected chi connectivity index (χ3v) is 6.66. The monoisotopic (exact) mass is 454 g/mol. The van der Waals surface area contributed by atoms with Crippen LogP contribution in [0.1, 0.15) is 29.3 Å². The number of nitrogens with two attached hydrogens (primary N) is 1. The van der Waals surface area contributed by atoms with Crippen LogP contribution in [0.25, 0.3) is 10.8 Å². The molecular formula is C23H22N2O6S. The van der Waals surface area contributed by atoms with E-state index in [1.54, 1.807) is 55.5 Å². The minimum atomic E-state index is -4.68. The number of imide groups is 1.